The van der Waals surface area contributed by atoms with Crippen molar-refractivity contribution in [2.24, 2.45) is 5.73 Å². The highest BCUT2D eigenvalue weighted by Gasteiger charge is 2.35. The van der Waals surface area contributed by atoms with Crippen LogP contribution in [0.2, 0.25) is 0 Å². The second-order valence-electron chi connectivity index (χ2n) is 3.05. The molecular formula is C9H8F5NO. The van der Waals surface area contributed by atoms with Crippen LogP contribution in [-0.2, 0) is 4.74 Å². The average Bonchev–Trinajstić information content (AvgIpc) is 2.12. The van der Waals surface area contributed by atoms with Gasteiger partial charge in [-0.15, -0.1) is 0 Å². The second kappa shape index (κ2) is 4.57. The van der Waals surface area contributed by atoms with Crippen molar-refractivity contribution in [3.05, 3.63) is 28.8 Å². The molecule has 1 rings (SSSR count). The van der Waals surface area contributed by atoms with Gasteiger partial charge in [0, 0.05) is 12.5 Å². The Balaban J connectivity index is 2.74. The van der Waals surface area contributed by atoms with Crippen molar-refractivity contribution in [3.8, 4) is 0 Å². The molecule has 90 valence electrons. The van der Waals surface area contributed by atoms with Crippen molar-refractivity contribution >= 4 is 0 Å². The maximum atomic E-state index is 12.3. The molecule has 7 heteroatoms. The SMILES string of the molecule is NC1=C=C(C(F)(F)F)CC(OCC(F)F)=C1. The smallest absolute Gasteiger partial charge is 0.420 e. The highest BCUT2D eigenvalue weighted by Crippen LogP contribution is 2.32. The van der Waals surface area contributed by atoms with E-state index in [9.17, 15) is 22.0 Å². The van der Waals surface area contributed by atoms with Crippen molar-refractivity contribution in [2.45, 2.75) is 19.0 Å². The number of rotatable bonds is 3. The Bertz CT molecular complexity index is 363. The molecule has 1 aliphatic rings. The lowest BCUT2D eigenvalue weighted by Crippen LogP contribution is -2.16. The lowest BCUT2D eigenvalue weighted by atomic mass is 10.1. The zero-order valence-electron chi connectivity index (χ0n) is 7.94. The van der Waals surface area contributed by atoms with Crippen LogP contribution in [0.25, 0.3) is 0 Å². The largest absolute Gasteiger partial charge is 0.492 e. The Kier molecular flexibility index (Phi) is 3.59. The first-order valence-electron chi connectivity index (χ1n) is 4.23. The lowest BCUT2D eigenvalue weighted by Gasteiger charge is -2.16. The van der Waals surface area contributed by atoms with E-state index in [1.165, 1.54) is 0 Å². The van der Waals surface area contributed by atoms with Crippen molar-refractivity contribution in [1.82, 2.24) is 0 Å². The molecule has 0 spiro atoms. The molecule has 0 fully saturated rings. The van der Waals surface area contributed by atoms with Crippen LogP contribution >= 0.6 is 0 Å². The third-order valence-electron chi connectivity index (χ3n) is 1.70. The number of nitrogens with two attached hydrogens (primary N) is 1. The minimum Gasteiger partial charge on any atom is -0.492 e. The van der Waals surface area contributed by atoms with Gasteiger partial charge in [-0.3, -0.25) is 0 Å². The van der Waals surface area contributed by atoms with Gasteiger partial charge in [0.15, 0.2) is 0 Å². The maximum absolute atomic E-state index is 12.3. The van der Waals surface area contributed by atoms with Gasteiger partial charge in [0.2, 0.25) is 0 Å². The first-order chi connectivity index (χ1) is 7.29. The predicted octanol–water partition coefficient (Wildman–Crippen LogP) is 2.49. The fraction of sp³-hybridized carbons (Fsp3) is 0.444. The Labute approximate surface area is 87.9 Å². The summed E-state index contributed by atoms with van der Waals surface area (Å²) in [6, 6.07) is 0. The van der Waals surface area contributed by atoms with Gasteiger partial charge in [-0.05, 0) is 0 Å². The summed E-state index contributed by atoms with van der Waals surface area (Å²) < 4.78 is 64.9. The first-order valence-corrected chi connectivity index (χ1v) is 4.23. The summed E-state index contributed by atoms with van der Waals surface area (Å²) in [5, 5.41) is 0. The van der Waals surface area contributed by atoms with Gasteiger partial charge in [-0.25, -0.2) is 8.78 Å². The van der Waals surface area contributed by atoms with E-state index in [0.717, 1.165) is 6.08 Å². The highest BCUT2D eigenvalue weighted by atomic mass is 19.4. The number of allylic oxidation sites excluding steroid dienone is 1. The fourth-order valence-electron chi connectivity index (χ4n) is 1.09. The van der Waals surface area contributed by atoms with E-state index in [1.807, 2.05) is 5.73 Å². The zero-order valence-corrected chi connectivity index (χ0v) is 7.94. The molecule has 0 amide bonds. The van der Waals surface area contributed by atoms with Crippen LogP contribution in [0.1, 0.15) is 6.42 Å². The summed E-state index contributed by atoms with van der Waals surface area (Å²) in [4.78, 5) is 0. The van der Waals surface area contributed by atoms with Gasteiger partial charge in [-0.2, -0.15) is 13.2 Å². The molecule has 0 aromatic carbocycles. The van der Waals surface area contributed by atoms with Crippen LogP contribution in [0, 0.1) is 0 Å². The van der Waals surface area contributed by atoms with E-state index in [1.54, 1.807) is 0 Å². The number of hydrogen-bond acceptors (Lipinski definition) is 2. The van der Waals surface area contributed by atoms with E-state index >= 15 is 0 Å². The van der Waals surface area contributed by atoms with E-state index in [2.05, 4.69) is 4.74 Å². The minimum atomic E-state index is -4.58. The van der Waals surface area contributed by atoms with Crippen molar-refractivity contribution < 1.29 is 26.7 Å². The Hall–Kier alpha value is -1.49. The quantitative estimate of drug-likeness (QED) is 0.608. The third kappa shape index (κ3) is 3.58. The van der Waals surface area contributed by atoms with Gasteiger partial charge in [0.05, 0.1) is 11.3 Å². The Morgan fingerprint density at radius 2 is 2.06 bits per heavy atom. The van der Waals surface area contributed by atoms with Gasteiger partial charge >= 0.3 is 6.18 Å². The molecule has 0 heterocycles. The van der Waals surface area contributed by atoms with Gasteiger partial charge in [0.25, 0.3) is 6.43 Å². The van der Waals surface area contributed by atoms with E-state index in [-0.39, 0.29) is 11.5 Å². The van der Waals surface area contributed by atoms with Gasteiger partial charge in [-0.1, -0.05) is 5.73 Å². The lowest BCUT2D eigenvalue weighted by molar-refractivity contribution is -0.0944. The first kappa shape index (κ1) is 12.6. The van der Waals surface area contributed by atoms with E-state index < -0.39 is 31.2 Å². The molecule has 0 aliphatic heterocycles. The Morgan fingerprint density at radius 1 is 1.44 bits per heavy atom. The van der Waals surface area contributed by atoms with Crippen LogP contribution in [-0.4, -0.2) is 19.2 Å². The maximum Gasteiger partial charge on any atom is 0.420 e. The number of ether oxygens (including phenoxy) is 1. The zero-order chi connectivity index (χ0) is 12.3. The molecule has 0 aromatic heterocycles. The molecule has 0 saturated heterocycles. The van der Waals surface area contributed by atoms with Crippen LogP contribution in [0.5, 0.6) is 0 Å². The predicted molar refractivity (Wildman–Crippen MR) is 45.4 cm³/mol. The monoisotopic (exact) mass is 241 g/mol. The molecule has 0 atom stereocenters. The fourth-order valence-corrected chi connectivity index (χ4v) is 1.09. The standard InChI is InChI=1S/C9H8F5NO/c10-8(11)4-16-7-2-5(9(12,13)14)1-6(15)3-7/h3,8H,2,4,15H2. The van der Waals surface area contributed by atoms with Crippen molar-refractivity contribution in [2.75, 3.05) is 6.61 Å². The van der Waals surface area contributed by atoms with Crippen molar-refractivity contribution in [1.29, 1.82) is 0 Å². The Morgan fingerprint density at radius 3 is 2.56 bits per heavy atom. The molecular weight excluding hydrogens is 233 g/mol. The molecule has 2 N–H and O–H groups in total. The minimum absolute atomic E-state index is 0.233. The summed E-state index contributed by atoms with van der Waals surface area (Å²) in [7, 11) is 0. The van der Waals surface area contributed by atoms with Gasteiger partial charge < -0.3 is 10.5 Å². The summed E-state index contributed by atoms with van der Waals surface area (Å²) in [5.74, 6) is -0.233. The third-order valence-corrected chi connectivity index (χ3v) is 1.70. The van der Waals surface area contributed by atoms with Crippen LogP contribution < -0.4 is 5.73 Å². The molecule has 0 aromatic rings. The molecule has 0 unspecified atom stereocenters. The normalized spacial score (nSPS) is 16.8. The van der Waals surface area contributed by atoms with E-state index in [4.69, 9.17) is 5.73 Å². The van der Waals surface area contributed by atoms with Crippen LogP contribution in [0.15, 0.2) is 28.8 Å². The summed E-state index contributed by atoms with van der Waals surface area (Å²) >= 11 is 0. The molecule has 2 nitrogen and oxygen atoms in total. The van der Waals surface area contributed by atoms with E-state index in [0.29, 0.717) is 0 Å². The summed E-state index contributed by atoms with van der Waals surface area (Å²) in [5.41, 5.74) is 5.76. The number of hydrogen-bond donors (Lipinski definition) is 1. The molecule has 0 radical (unpaired) electrons. The number of halogens is 5. The number of alkyl halides is 5. The van der Waals surface area contributed by atoms with Crippen molar-refractivity contribution in [3.63, 3.8) is 0 Å². The average molecular weight is 241 g/mol. The topological polar surface area (TPSA) is 35.2 Å². The highest BCUT2D eigenvalue weighted by molar-refractivity contribution is 5.30. The van der Waals surface area contributed by atoms with Crippen LogP contribution in [0.4, 0.5) is 22.0 Å². The molecule has 1 aliphatic carbocycles. The van der Waals surface area contributed by atoms with Crippen LogP contribution in [0.3, 0.4) is 0 Å². The summed E-state index contributed by atoms with van der Waals surface area (Å²) in [6.45, 7) is -0.954. The molecule has 16 heavy (non-hydrogen) atoms. The summed E-state index contributed by atoms with van der Waals surface area (Å²) in [6.07, 6.45) is -6.90. The van der Waals surface area contributed by atoms with Gasteiger partial charge in [0.1, 0.15) is 12.4 Å². The molecule has 0 saturated carbocycles. The molecule has 0 bridgehead atoms. The second-order valence-corrected chi connectivity index (χ2v) is 3.05.